The molecule has 0 radical (unpaired) electrons. The van der Waals surface area contributed by atoms with Crippen molar-refractivity contribution in [1.82, 2.24) is 25.5 Å². The summed E-state index contributed by atoms with van der Waals surface area (Å²) in [5.74, 6) is -2.24. The number of thiazole rings is 1. The van der Waals surface area contributed by atoms with Gasteiger partial charge in [-0.25, -0.2) is 24.4 Å². The quantitative estimate of drug-likeness (QED) is 0.127. The highest BCUT2D eigenvalue weighted by Crippen LogP contribution is 2.52. The summed E-state index contributed by atoms with van der Waals surface area (Å²) in [6.07, 6.45) is 2.71. The number of carbonyl (C=O) groups excluding carboxylic acids is 3. The van der Waals surface area contributed by atoms with Crippen LogP contribution in [-0.2, 0) is 23.9 Å². The predicted octanol–water partition coefficient (Wildman–Crippen LogP) is 5.08. The summed E-state index contributed by atoms with van der Waals surface area (Å²) < 4.78 is 17.9. The number of anilines is 1. The van der Waals surface area contributed by atoms with Crippen LogP contribution in [0.4, 0.5) is 9.93 Å². The Hall–Kier alpha value is -5.45. The summed E-state index contributed by atoms with van der Waals surface area (Å²) in [6.45, 7) is 12.5. The lowest BCUT2D eigenvalue weighted by atomic mass is 9.85. The molecule has 0 spiro atoms. The summed E-state index contributed by atoms with van der Waals surface area (Å²) in [5.41, 5.74) is -0.932. The van der Waals surface area contributed by atoms with E-state index in [-0.39, 0.29) is 37.3 Å². The van der Waals surface area contributed by atoms with Gasteiger partial charge in [-0.1, -0.05) is 26.8 Å². The van der Waals surface area contributed by atoms with Crippen LogP contribution < -0.4 is 25.4 Å². The van der Waals surface area contributed by atoms with Crippen LogP contribution in [0.25, 0.3) is 22.3 Å². The van der Waals surface area contributed by atoms with Gasteiger partial charge in [-0.3, -0.25) is 9.59 Å². The zero-order chi connectivity index (χ0) is 41.7. The molecular weight excluding hydrogens is 769 g/mol. The molecule has 4 aliphatic rings. The number of carboxylic acids is 2. The number of amides is 3. The number of hydrogen-bond donors (Lipinski definition) is 5. The number of rotatable bonds is 15. The largest absolute Gasteiger partial charge is 0.488 e. The first-order valence-corrected chi connectivity index (χ1v) is 20.5. The standard InChI is InChI=1S/C41H50N6O10S/c1-7-23-16-41(23,37(52)53)46-35(50)31-14-26(17-47(31)36(51)34(40(4,5)6)45-39(54)57-25-11-21-10-22(21)12-25)56-32-15-29(30-19-58-38(44-30)42-20(2)3)43-28-13-24(8-9-27(28)32)55-18-33(48)49/h7-9,13,15,19-23,25-26,31,34H,1,10-12,14,16-18H2,2-6H3,(H,42,44)(H,45,54)(H,46,50)(H,48,49)(H,52,53)/t21-,22+,23-,25?,26-,31+,34-,41-/m1/s1. The number of carboxylic acid groups (broad SMARTS) is 2. The molecule has 58 heavy (non-hydrogen) atoms. The van der Waals surface area contributed by atoms with Gasteiger partial charge in [0.15, 0.2) is 11.7 Å². The molecule has 1 aliphatic heterocycles. The SMILES string of the molecule is C=C[C@@H]1C[C@]1(NC(=O)[C@@H]1C[C@@H](Oc2cc(-c3csc(NC(C)C)n3)nc3cc(OCC(=O)O)ccc23)CN1C(=O)[C@@H](NC(=O)OC1C[C@@H]2C[C@@H]2C1)C(C)(C)C)C(=O)O. The molecule has 4 fully saturated rings. The smallest absolute Gasteiger partial charge is 0.408 e. The van der Waals surface area contributed by atoms with Crippen molar-refractivity contribution < 1.29 is 48.4 Å². The van der Waals surface area contributed by atoms with Crippen molar-refractivity contribution in [2.24, 2.45) is 23.2 Å². The number of pyridine rings is 1. The summed E-state index contributed by atoms with van der Waals surface area (Å²) in [6, 6.07) is 4.48. The maximum atomic E-state index is 14.7. The second kappa shape index (κ2) is 15.7. The first-order valence-electron chi connectivity index (χ1n) is 19.6. The topological polar surface area (TPSA) is 219 Å². The van der Waals surface area contributed by atoms with Gasteiger partial charge in [0, 0.05) is 41.3 Å². The molecule has 16 nitrogen and oxygen atoms in total. The number of nitrogens with one attached hydrogen (secondary N) is 3. The number of hydrogen-bond acceptors (Lipinski definition) is 12. The molecule has 3 saturated carbocycles. The van der Waals surface area contributed by atoms with E-state index in [1.54, 1.807) is 45.0 Å². The van der Waals surface area contributed by atoms with E-state index in [0.29, 0.717) is 45.0 Å². The number of fused-ring (bicyclic) bond motifs is 2. The Bertz CT molecular complexity index is 2120. The number of carbonyl (C=O) groups is 5. The molecule has 8 atom stereocenters. The van der Waals surface area contributed by atoms with Crippen LogP contribution in [0.5, 0.6) is 11.5 Å². The average Bonchev–Trinajstić information content (AvgIpc) is 3.82. The minimum atomic E-state index is -1.55. The van der Waals surface area contributed by atoms with Crippen molar-refractivity contribution in [2.75, 3.05) is 18.5 Å². The van der Waals surface area contributed by atoms with Gasteiger partial charge in [0.1, 0.15) is 47.0 Å². The van der Waals surface area contributed by atoms with Crippen LogP contribution in [-0.4, -0.2) is 104 Å². The highest BCUT2D eigenvalue weighted by molar-refractivity contribution is 7.14. The molecule has 1 saturated heterocycles. The Morgan fingerprint density at radius 1 is 1.03 bits per heavy atom. The molecule has 17 heteroatoms. The average molecular weight is 819 g/mol. The molecule has 7 rings (SSSR count). The van der Waals surface area contributed by atoms with Crippen molar-refractivity contribution in [1.29, 1.82) is 0 Å². The fraction of sp³-hybridized carbons (Fsp3) is 0.537. The fourth-order valence-corrected chi connectivity index (χ4v) is 8.94. The number of nitrogens with zero attached hydrogens (tertiary/aromatic N) is 3. The molecule has 1 unspecified atom stereocenters. The summed E-state index contributed by atoms with van der Waals surface area (Å²) in [7, 11) is 0. The first kappa shape index (κ1) is 40.7. The number of alkyl carbamates (subject to hydrolysis) is 1. The summed E-state index contributed by atoms with van der Waals surface area (Å²) >= 11 is 1.40. The Morgan fingerprint density at radius 3 is 2.41 bits per heavy atom. The van der Waals surface area contributed by atoms with Gasteiger partial charge in [0.25, 0.3) is 0 Å². The minimum Gasteiger partial charge on any atom is -0.488 e. The van der Waals surface area contributed by atoms with Crippen molar-refractivity contribution >= 4 is 57.2 Å². The minimum absolute atomic E-state index is 0.00367. The zero-order valence-electron chi connectivity index (χ0n) is 33.2. The third-order valence-corrected chi connectivity index (χ3v) is 12.1. The van der Waals surface area contributed by atoms with Gasteiger partial charge >= 0.3 is 18.0 Å². The molecule has 1 aromatic carbocycles. The van der Waals surface area contributed by atoms with Gasteiger partial charge in [-0.15, -0.1) is 17.9 Å². The molecule has 3 amide bonds. The van der Waals surface area contributed by atoms with E-state index in [1.165, 1.54) is 22.3 Å². The maximum Gasteiger partial charge on any atom is 0.408 e. The van der Waals surface area contributed by atoms with Crippen LogP contribution in [0.2, 0.25) is 0 Å². The van der Waals surface area contributed by atoms with E-state index in [4.69, 9.17) is 24.2 Å². The van der Waals surface area contributed by atoms with E-state index < -0.39 is 71.5 Å². The third kappa shape index (κ3) is 8.68. The lowest BCUT2D eigenvalue weighted by molar-refractivity contribution is -0.146. The second-order valence-electron chi connectivity index (χ2n) is 17.2. The molecule has 3 aromatic rings. The zero-order valence-corrected chi connectivity index (χ0v) is 34.0. The molecular formula is C41H50N6O10S. The fourth-order valence-electron chi connectivity index (χ4n) is 8.09. The van der Waals surface area contributed by atoms with Crippen LogP contribution in [0, 0.1) is 23.2 Å². The number of benzene rings is 1. The van der Waals surface area contributed by atoms with E-state index in [2.05, 4.69) is 22.5 Å². The second-order valence-corrected chi connectivity index (χ2v) is 18.1. The van der Waals surface area contributed by atoms with E-state index >= 15 is 0 Å². The highest BCUT2D eigenvalue weighted by Gasteiger charge is 2.61. The molecule has 3 heterocycles. The monoisotopic (exact) mass is 818 g/mol. The lowest BCUT2D eigenvalue weighted by Gasteiger charge is -2.35. The summed E-state index contributed by atoms with van der Waals surface area (Å²) in [4.78, 5) is 76.6. The van der Waals surface area contributed by atoms with Crippen molar-refractivity contribution in [3.8, 4) is 22.9 Å². The van der Waals surface area contributed by atoms with Gasteiger partial charge in [0.2, 0.25) is 11.8 Å². The molecule has 0 bridgehead atoms. The van der Waals surface area contributed by atoms with Gasteiger partial charge in [-0.05, 0) is 68.9 Å². The van der Waals surface area contributed by atoms with Gasteiger partial charge in [-0.2, -0.15) is 0 Å². The van der Waals surface area contributed by atoms with Crippen molar-refractivity contribution in [3.63, 3.8) is 0 Å². The lowest BCUT2D eigenvalue weighted by Crippen LogP contribution is -2.59. The Labute approximate surface area is 339 Å². The third-order valence-electron chi connectivity index (χ3n) is 11.3. The Balaban J connectivity index is 1.19. The first-order chi connectivity index (χ1) is 27.4. The predicted molar refractivity (Wildman–Crippen MR) is 214 cm³/mol. The normalized spacial score (nSPS) is 26.3. The van der Waals surface area contributed by atoms with Gasteiger partial charge in [0.05, 0.1) is 17.8 Å². The number of likely N-dealkylation sites (tertiary alicyclic amines) is 1. The van der Waals surface area contributed by atoms with Crippen LogP contribution >= 0.6 is 11.3 Å². The molecule has 5 N–H and O–H groups in total. The molecule has 310 valence electrons. The van der Waals surface area contributed by atoms with Crippen molar-refractivity contribution in [3.05, 3.63) is 42.3 Å². The van der Waals surface area contributed by atoms with Crippen LogP contribution in [0.15, 0.2) is 42.3 Å². The maximum absolute atomic E-state index is 14.7. The van der Waals surface area contributed by atoms with Crippen LogP contribution in [0.3, 0.4) is 0 Å². The summed E-state index contributed by atoms with van der Waals surface area (Å²) in [5, 5.41) is 31.2. The van der Waals surface area contributed by atoms with Gasteiger partial charge < -0.3 is 45.3 Å². The van der Waals surface area contributed by atoms with Crippen molar-refractivity contribution in [2.45, 2.75) is 103 Å². The van der Waals surface area contributed by atoms with E-state index in [9.17, 15) is 34.2 Å². The van der Waals surface area contributed by atoms with E-state index in [0.717, 1.165) is 19.3 Å². The Kier molecular flexibility index (Phi) is 11.0. The number of aliphatic carboxylic acids is 2. The number of aromatic nitrogens is 2. The highest BCUT2D eigenvalue weighted by atomic mass is 32.1. The molecule has 3 aliphatic carbocycles. The van der Waals surface area contributed by atoms with E-state index in [1.807, 2.05) is 19.2 Å². The number of ether oxygens (including phenoxy) is 3. The Morgan fingerprint density at radius 2 is 1.78 bits per heavy atom. The van der Waals surface area contributed by atoms with Crippen LogP contribution in [0.1, 0.15) is 66.7 Å². The molecule has 2 aromatic heterocycles.